The lowest BCUT2D eigenvalue weighted by Gasteiger charge is -2.78. The van der Waals surface area contributed by atoms with Gasteiger partial charge in [0.2, 0.25) is 0 Å². The fourth-order valence-corrected chi connectivity index (χ4v) is 15.6. The van der Waals surface area contributed by atoms with Crippen LogP contribution in [0.3, 0.4) is 0 Å². The first-order valence-corrected chi connectivity index (χ1v) is 19.7. The number of hydrogen-bond donors (Lipinski definition) is 6. The van der Waals surface area contributed by atoms with Crippen molar-refractivity contribution in [2.45, 2.75) is 136 Å². The minimum absolute atomic E-state index is 0.0349. The van der Waals surface area contributed by atoms with E-state index in [9.17, 15) is 35.1 Å². The number of rotatable bonds is 6. The maximum absolute atomic E-state index is 14.1. The predicted molar refractivity (Wildman–Crippen MR) is 190 cm³/mol. The minimum Gasteiger partial charge on any atom is -0.481 e. The van der Waals surface area contributed by atoms with Gasteiger partial charge in [0.15, 0.2) is 12.4 Å². The fraction of sp³-hybridized carbons (Fsp3) is 0.854. The molecule has 0 radical (unpaired) electrons. The molecule has 0 aromatic carbocycles. The first-order valence-electron chi connectivity index (χ1n) is 19.7. The summed E-state index contributed by atoms with van der Waals surface area (Å²) in [4.78, 5) is 25.9. The highest BCUT2D eigenvalue weighted by Crippen LogP contribution is 2.82. The normalized spacial score (nSPS) is 55.7. The zero-order valence-electron chi connectivity index (χ0n) is 31.9. The van der Waals surface area contributed by atoms with E-state index >= 15 is 0 Å². The summed E-state index contributed by atoms with van der Waals surface area (Å²) in [5.74, 6) is -1.64. The molecule has 2 aliphatic heterocycles. The number of nitrogens with one attached hydrogen (secondary N) is 1. The third kappa shape index (κ3) is 4.22. The molecule has 8 aliphatic rings. The van der Waals surface area contributed by atoms with Gasteiger partial charge in [-0.25, -0.2) is 4.79 Å². The molecule has 8 rings (SSSR count). The Morgan fingerprint density at radius 3 is 2.37 bits per heavy atom. The number of aliphatic hydroxyl groups excluding tert-OH is 3. The second-order valence-corrected chi connectivity index (χ2v) is 19.9. The molecule has 0 aromatic heterocycles. The van der Waals surface area contributed by atoms with Crippen LogP contribution in [0, 0.1) is 61.6 Å². The van der Waals surface area contributed by atoms with Crippen LogP contribution >= 0.6 is 0 Å². The predicted octanol–water partition coefficient (Wildman–Crippen LogP) is 4.14. The Balaban J connectivity index is 1.16. The zero-order valence-corrected chi connectivity index (χ0v) is 31.9. The van der Waals surface area contributed by atoms with Crippen LogP contribution in [0.5, 0.6) is 0 Å². The molecule has 5 bridgehead atoms. The van der Waals surface area contributed by atoms with Crippen molar-refractivity contribution in [3.63, 3.8) is 0 Å². The van der Waals surface area contributed by atoms with E-state index in [1.54, 1.807) is 7.11 Å². The van der Waals surface area contributed by atoms with E-state index in [-0.39, 0.29) is 57.0 Å². The molecule has 290 valence electrons. The summed E-state index contributed by atoms with van der Waals surface area (Å²) >= 11 is 0. The SMILES string of the molecule is COC[C@@H]1C[C@@]2(C)CC=C[C@]34C5=CC[C@@H]6[C@@]7(C)CC[C@H](O[C@@H]8O[C@H](C(=O)O)[C@@H](O)[C@H](O)[C@H]8O)C(C)(C)[C@@H]7CC[C@@]6(C)[C@]5(C)C[C@H](CN[C@@H]23)[C@@]14C(=O)O. The topological polar surface area (TPSA) is 175 Å². The number of carboxylic acid groups (broad SMARTS) is 2. The quantitative estimate of drug-likeness (QED) is 0.171. The van der Waals surface area contributed by atoms with E-state index in [0.29, 0.717) is 25.5 Å². The first-order chi connectivity index (χ1) is 24.3. The van der Waals surface area contributed by atoms with Gasteiger partial charge in [0.25, 0.3) is 0 Å². The molecule has 6 N–H and O–H groups in total. The molecule has 11 heteroatoms. The first kappa shape index (κ1) is 37.1. The van der Waals surface area contributed by atoms with Crippen molar-refractivity contribution in [2.75, 3.05) is 20.3 Å². The van der Waals surface area contributed by atoms with E-state index in [2.05, 4.69) is 65.1 Å². The molecule has 17 atom stereocenters. The third-order valence-electron chi connectivity index (χ3n) is 17.7. The number of carboxylic acids is 2. The third-order valence-corrected chi connectivity index (χ3v) is 17.7. The maximum atomic E-state index is 14.1. The van der Waals surface area contributed by atoms with Crippen LogP contribution in [0.4, 0.5) is 0 Å². The lowest BCUT2D eigenvalue weighted by atomic mass is 9.26. The monoisotopic (exact) mass is 727 g/mol. The maximum Gasteiger partial charge on any atom is 0.335 e. The molecule has 6 aliphatic carbocycles. The lowest BCUT2D eigenvalue weighted by Crippen LogP contribution is -2.82. The Kier molecular flexibility index (Phi) is 8.26. The summed E-state index contributed by atoms with van der Waals surface area (Å²) < 4.78 is 17.9. The van der Waals surface area contributed by atoms with Gasteiger partial charge in [0.05, 0.1) is 18.1 Å². The molecule has 0 aromatic rings. The number of carbonyl (C=O) groups is 2. The molecule has 0 amide bonds. The van der Waals surface area contributed by atoms with Gasteiger partial charge in [0.1, 0.15) is 18.3 Å². The molecule has 1 spiro atoms. The Hall–Kier alpha value is -1.86. The molecular weight excluding hydrogens is 666 g/mol. The fourth-order valence-electron chi connectivity index (χ4n) is 15.6. The summed E-state index contributed by atoms with van der Waals surface area (Å²) in [6, 6.07) is 0.0349. The summed E-state index contributed by atoms with van der Waals surface area (Å²) in [6.45, 7) is 15.4. The standard InChI is InChI=1S/C41H61NO10/c1-35(2)23-11-16-38(5)24(37(23,4)15-12-26(35)51-32-29(45)27(43)28(44)30(52-32)31(46)47)9-10-25-39(38,6)18-21-19-42-33-36(3)13-8-14-40(25,33)41(21,34(48)49)22(17-36)20-50-7/h8,10,14,21-24,26-30,32-33,42-45H,9,11-13,15-20H2,1-7H3,(H,46,47)(H,48,49)/t21-,22+,23+,24-,26+,27+,28+,29-,30+,32-,33+,36-,37+,38-,39-,40+,41+/m1/s1. The molecule has 2 heterocycles. The van der Waals surface area contributed by atoms with Crippen LogP contribution in [-0.2, 0) is 23.8 Å². The lowest BCUT2D eigenvalue weighted by molar-refractivity contribution is -0.324. The average Bonchev–Trinajstić information content (AvgIpc) is 3.05. The minimum atomic E-state index is -1.76. The van der Waals surface area contributed by atoms with Crippen molar-refractivity contribution in [2.24, 2.45) is 61.6 Å². The molecular formula is C41H61NO10. The van der Waals surface area contributed by atoms with Gasteiger partial charge < -0.3 is 45.1 Å². The number of allylic oxidation sites excluding steroid dienone is 2. The van der Waals surface area contributed by atoms with Gasteiger partial charge in [-0.3, -0.25) is 4.79 Å². The van der Waals surface area contributed by atoms with Crippen LogP contribution in [0.2, 0.25) is 0 Å². The highest BCUT2D eigenvalue weighted by atomic mass is 16.7. The van der Waals surface area contributed by atoms with Crippen LogP contribution in [0.25, 0.3) is 0 Å². The van der Waals surface area contributed by atoms with Gasteiger partial charge in [-0.2, -0.15) is 0 Å². The van der Waals surface area contributed by atoms with Crippen LogP contribution in [0.15, 0.2) is 23.8 Å². The van der Waals surface area contributed by atoms with E-state index in [1.165, 1.54) is 5.57 Å². The van der Waals surface area contributed by atoms with Gasteiger partial charge in [-0.15, -0.1) is 0 Å². The summed E-state index contributed by atoms with van der Waals surface area (Å²) in [6.07, 6.45) is 5.56. The Bertz CT molecular complexity index is 1580. The zero-order chi connectivity index (χ0) is 37.6. The molecule has 52 heavy (non-hydrogen) atoms. The number of fused-ring (bicyclic) bond motifs is 5. The van der Waals surface area contributed by atoms with Crippen molar-refractivity contribution < 1.29 is 49.3 Å². The number of aliphatic hydroxyl groups is 3. The van der Waals surface area contributed by atoms with E-state index in [4.69, 9.17) is 14.2 Å². The highest BCUT2D eigenvalue weighted by Gasteiger charge is 2.81. The van der Waals surface area contributed by atoms with E-state index in [1.807, 2.05) is 0 Å². The average molecular weight is 728 g/mol. The number of aliphatic carboxylic acids is 2. The summed E-state index contributed by atoms with van der Waals surface area (Å²) in [5.41, 5.74) is -1.08. The van der Waals surface area contributed by atoms with Crippen LogP contribution < -0.4 is 5.32 Å². The Labute approximate surface area is 307 Å². The Morgan fingerprint density at radius 1 is 0.962 bits per heavy atom. The largest absolute Gasteiger partial charge is 0.481 e. The number of hydrogen-bond acceptors (Lipinski definition) is 9. The second kappa shape index (κ2) is 11.6. The van der Waals surface area contributed by atoms with Crippen LogP contribution in [0.1, 0.15) is 92.9 Å². The smallest absolute Gasteiger partial charge is 0.335 e. The van der Waals surface area contributed by atoms with E-state index < -0.39 is 53.5 Å². The van der Waals surface area contributed by atoms with Gasteiger partial charge in [0, 0.05) is 24.5 Å². The number of piperidine rings is 1. The number of methoxy groups -OCH3 is 1. The molecule has 11 nitrogen and oxygen atoms in total. The van der Waals surface area contributed by atoms with Gasteiger partial charge >= 0.3 is 11.9 Å². The summed E-state index contributed by atoms with van der Waals surface area (Å²) in [7, 11) is 1.71. The molecule has 4 saturated carbocycles. The number of ether oxygens (including phenoxy) is 3. The molecule has 6 fully saturated rings. The van der Waals surface area contributed by atoms with Gasteiger partial charge in [-0.05, 0) is 103 Å². The Morgan fingerprint density at radius 2 is 1.69 bits per heavy atom. The van der Waals surface area contributed by atoms with Crippen molar-refractivity contribution >= 4 is 11.9 Å². The van der Waals surface area contributed by atoms with Gasteiger partial charge in [-0.1, -0.05) is 65.3 Å². The van der Waals surface area contributed by atoms with Crippen molar-refractivity contribution in [1.82, 2.24) is 5.32 Å². The van der Waals surface area contributed by atoms with E-state index in [0.717, 1.165) is 44.9 Å². The van der Waals surface area contributed by atoms with Crippen LogP contribution in [-0.4, -0.2) is 101 Å². The highest BCUT2D eigenvalue weighted by molar-refractivity contribution is 5.81. The van der Waals surface area contributed by atoms with Crippen molar-refractivity contribution in [1.29, 1.82) is 0 Å². The molecule has 0 unspecified atom stereocenters. The second-order valence-electron chi connectivity index (χ2n) is 19.9. The van der Waals surface area contributed by atoms with Crippen molar-refractivity contribution in [3.8, 4) is 0 Å². The van der Waals surface area contributed by atoms with Crippen molar-refractivity contribution in [3.05, 3.63) is 23.8 Å². The molecule has 2 saturated heterocycles. The summed E-state index contributed by atoms with van der Waals surface area (Å²) in [5, 5.41) is 56.7.